The van der Waals surface area contributed by atoms with Gasteiger partial charge in [0.25, 0.3) is 11.6 Å². The van der Waals surface area contributed by atoms with Crippen LogP contribution in [-0.2, 0) is 9.47 Å². The molecule has 0 spiro atoms. The van der Waals surface area contributed by atoms with E-state index in [0.29, 0.717) is 37.6 Å². The molecular weight excluding hydrogens is 366 g/mol. The van der Waals surface area contributed by atoms with E-state index in [1.54, 1.807) is 18.2 Å². The summed E-state index contributed by atoms with van der Waals surface area (Å²) in [7, 11) is 1.29. The summed E-state index contributed by atoms with van der Waals surface area (Å²) < 4.78 is 10.1. The second kappa shape index (κ2) is 8.49. The van der Waals surface area contributed by atoms with E-state index >= 15 is 0 Å². The minimum Gasteiger partial charge on any atom is -0.465 e. The van der Waals surface area contributed by atoms with Crippen molar-refractivity contribution in [1.29, 1.82) is 0 Å². The van der Waals surface area contributed by atoms with E-state index < -0.39 is 16.8 Å². The molecule has 1 heterocycles. The van der Waals surface area contributed by atoms with Gasteiger partial charge in [-0.05, 0) is 30.3 Å². The van der Waals surface area contributed by atoms with Gasteiger partial charge in [0.05, 0.1) is 42.2 Å². The first-order valence-electron chi connectivity index (χ1n) is 8.60. The van der Waals surface area contributed by atoms with Crippen LogP contribution in [-0.4, -0.2) is 50.2 Å². The Kier molecular flexibility index (Phi) is 5.85. The highest BCUT2D eigenvalue weighted by Crippen LogP contribution is 2.29. The number of anilines is 2. The number of carbonyl (C=O) groups is 2. The van der Waals surface area contributed by atoms with Crippen LogP contribution in [0, 0.1) is 10.1 Å². The van der Waals surface area contributed by atoms with Crippen LogP contribution >= 0.6 is 0 Å². The van der Waals surface area contributed by atoms with E-state index in [0.717, 1.165) is 5.69 Å². The third kappa shape index (κ3) is 4.26. The number of hydrogen-bond acceptors (Lipinski definition) is 7. The minimum absolute atomic E-state index is 0.0988. The quantitative estimate of drug-likeness (QED) is 0.478. The molecular formula is C19H19N3O6. The smallest absolute Gasteiger partial charge is 0.337 e. The fourth-order valence-electron chi connectivity index (χ4n) is 2.89. The van der Waals surface area contributed by atoms with Crippen molar-refractivity contribution in [3.8, 4) is 0 Å². The molecule has 2 aromatic carbocycles. The first kappa shape index (κ1) is 19.3. The van der Waals surface area contributed by atoms with Crippen LogP contribution < -0.4 is 10.2 Å². The highest BCUT2D eigenvalue weighted by atomic mass is 16.6. The van der Waals surface area contributed by atoms with Gasteiger partial charge in [-0.1, -0.05) is 0 Å². The molecule has 9 heteroatoms. The summed E-state index contributed by atoms with van der Waals surface area (Å²) in [5, 5.41) is 13.6. The molecule has 28 heavy (non-hydrogen) atoms. The lowest BCUT2D eigenvalue weighted by atomic mass is 10.1. The lowest BCUT2D eigenvalue weighted by molar-refractivity contribution is -0.384. The van der Waals surface area contributed by atoms with Crippen LogP contribution in [0.15, 0.2) is 42.5 Å². The molecule has 2 aromatic rings. The zero-order chi connectivity index (χ0) is 20.1. The zero-order valence-corrected chi connectivity index (χ0v) is 15.2. The molecule has 1 N–H and O–H groups in total. The van der Waals surface area contributed by atoms with Crippen molar-refractivity contribution in [3.63, 3.8) is 0 Å². The first-order valence-corrected chi connectivity index (χ1v) is 8.60. The van der Waals surface area contributed by atoms with Gasteiger partial charge in [-0.3, -0.25) is 14.9 Å². The molecule has 0 bridgehead atoms. The monoisotopic (exact) mass is 385 g/mol. The molecule has 0 saturated carbocycles. The molecule has 0 aromatic heterocycles. The predicted octanol–water partition coefficient (Wildman–Crippen LogP) is 2.47. The fraction of sp³-hybridized carbons (Fsp3) is 0.263. The van der Waals surface area contributed by atoms with Crippen LogP contribution in [0.2, 0.25) is 0 Å². The Bertz CT molecular complexity index is 891. The molecule has 0 aliphatic carbocycles. The van der Waals surface area contributed by atoms with Gasteiger partial charge in [0.2, 0.25) is 0 Å². The molecule has 0 unspecified atom stereocenters. The molecule has 1 aliphatic rings. The molecule has 0 atom stereocenters. The molecule has 3 rings (SSSR count). The van der Waals surface area contributed by atoms with Crippen LogP contribution in [0.1, 0.15) is 20.7 Å². The molecule has 1 amide bonds. The number of amides is 1. The van der Waals surface area contributed by atoms with Crippen molar-refractivity contribution in [3.05, 3.63) is 63.7 Å². The number of esters is 1. The summed E-state index contributed by atoms with van der Waals surface area (Å²) in [6, 6.07) is 10.2. The topological polar surface area (TPSA) is 111 Å². The minimum atomic E-state index is -0.530. The number of morpholine rings is 1. The van der Waals surface area contributed by atoms with Gasteiger partial charge in [-0.25, -0.2) is 4.79 Å². The predicted molar refractivity (Wildman–Crippen MR) is 102 cm³/mol. The van der Waals surface area contributed by atoms with E-state index in [9.17, 15) is 19.7 Å². The van der Waals surface area contributed by atoms with Crippen molar-refractivity contribution in [2.75, 3.05) is 43.6 Å². The van der Waals surface area contributed by atoms with Crippen LogP contribution in [0.5, 0.6) is 0 Å². The van der Waals surface area contributed by atoms with Crippen LogP contribution in [0.4, 0.5) is 17.1 Å². The standard InChI is InChI=1S/C19H19N3O6/c1-27-19(24)14-4-7-17(21-8-10-28-11-9-21)16(12-14)20-18(23)13-2-5-15(6-3-13)22(25)26/h2-7,12H,8-11H2,1H3,(H,20,23). The van der Waals surface area contributed by atoms with E-state index in [-0.39, 0.29) is 11.3 Å². The molecule has 146 valence electrons. The zero-order valence-electron chi connectivity index (χ0n) is 15.2. The van der Waals surface area contributed by atoms with Crippen molar-refractivity contribution in [2.24, 2.45) is 0 Å². The maximum atomic E-state index is 12.6. The van der Waals surface area contributed by atoms with Crippen molar-refractivity contribution in [2.45, 2.75) is 0 Å². The van der Waals surface area contributed by atoms with Gasteiger partial charge in [0, 0.05) is 30.8 Å². The van der Waals surface area contributed by atoms with E-state index in [2.05, 4.69) is 10.2 Å². The third-order valence-corrected chi connectivity index (χ3v) is 4.36. The Labute approximate surface area is 161 Å². The first-order chi connectivity index (χ1) is 13.5. The number of non-ortho nitro benzene ring substituents is 1. The summed E-state index contributed by atoms with van der Waals surface area (Å²) in [5.41, 5.74) is 1.68. The fourth-order valence-corrected chi connectivity index (χ4v) is 2.89. The normalized spacial score (nSPS) is 13.7. The maximum Gasteiger partial charge on any atom is 0.337 e. The highest BCUT2D eigenvalue weighted by Gasteiger charge is 2.19. The average molecular weight is 385 g/mol. The number of benzene rings is 2. The molecule has 0 radical (unpaired) electrons. The Morgan fingerprint density at radius 2 is 1.75 bits per heavy atom. The molecule has 1 aliphatic heterocycles. The van der Waals surface area contributed by atoms with Crippen LogP contribution in [0.25, 0.3) is 0 Å². The lowest BCUT2D eigenvalue weighted by Crippen LogP contribution is -2.36. The number of nitro groups is 1. The number of carbonyl (C=O) groups excluding carboxylic acids is 2. The molecule has 1 fully saturated rings. The Hall–Kier alpha value is -3.46. The van der Waals surface area contributed by atoms with Gasteiger partial charge in [-0.15, -0.1) is 0 Å². The van der Waals surface area contributed by atoms with Gasteiger partial charge >= 0.3 is 5.97 Å². The van der Waals surface area contributed by atoms with E-state index in [1.807, 2.05) is 0 Å². The summed E-state index contributed by atoms with van der Waals surface area (Å²) in [6.07, 6.45) is 0. The molecule has 9 nitrogen and oxygen atoms in total. The molecule has 1 saturated heterocycles. The number of rotatable bonds is 5. The number of nitrogens with one attached hydrogen (secondary N) is 1. The van der Waals surface area contributed by atoms with Crippen molar-refractivity contribution >= 4 is 28.9 Å². The second-order valence-electron chi connectivity index (χ2n) is 6.08. The summed E-state index contributed by atoms with van der Waals surface area (Å²) in [6.45, 7) is 2.43. The SMILES string of the molecule is COC(=O)c1ccc(N2CCOCC2)c(NC(=O)c2ccc([N+](=O)[O-])cc2)c1. The van der Waals surface area contributed by atoms with Gasteiger partial charge in [0.1, 0.15) is 0 Å². The highest BCUT2D eigenvalue weighted by molar-refractivity contribution is 6.07. The van der Waals surface area contributed by atoms with E-state index in [4.69, 9.17) is 9.47 Å². The third-order valence-electron chi connectivity index (χ3n) is 4.36. The lowest BCUT2D eigenvalue weighted by Gasteiger charge is -2.30. The van der Waals surface area contributed by atoms with E-state index in [1.165, 1.54) is 31.4 Å². The van der Waals surface area contributed by atoms with Gasteiger partial charge < -0.3 is 19.7 Å². The summed E-state index contributed by atoms with van der Waals surface area (Å²) >= 11 is 0. The maximum absolute atomic E-state index is 12.6. The number of methoxy groups -OCH3 is 1. The summed E-state index contributed by atoms with van der Waals surface area (Å²) in [5.74, 6) is -0.953. The van der Waals surface area contributed by atoms with Gasteiger partial charge in [-0.2, -0.15) is 0 Å². The largest absolute Gasteiger partial charge is 0.465 e. The number of nitro benzene ring substituents is 1. The Morgan fingerprint density at radius 3 is 2.36 bits per heavy atom. The average Bonchev–Trinajstić information content (AvgIpc) is 2.73. The van der Waals surface area contributed by atoms with Crippen molar-refractivity contribution in [1.82, 2.24) is 0 Å². The Balaban J connectivity index is 1.89. The Morgan fingerprint density at radius 1 is 1.11 bits per heavy atom. The second-order valence-corrected chi connectivity index (χ2v) is 6.08. The van der Waals surface area contributed by atoms with Gasteiger partial charge in [0.15, 0.2) is 0 Å². The van der Waals surface area contributed by atoms with Crippen molar-refractivity contribution < 1.29 is 24.0 Å². The number of hydrogen-bond donors (Lipinski definition) is 1. The number of nitrogens with zero attached hydrogens (tertiary/aromatic N) is 2. The van der Waals surface area contributed by atoms with Crippen LogP contribution in [0.3, 0.4) is 0 Å². The number of ether oxygens (including phenoxy) is 2. The summed E-state index contributed by atoms with van der Waals surface area (Å²) in [4.78, 5) is 36.8.